The molecule has 5 heteroatoms. The van der Waals surface area contributed by atoms with Crippen LogP contribution in [-0.2, 0) is 11.3 Å². The lowest BCUT2D eigenvalue weighted by molar-refractivity contribution is 0.0134. The van der Waals surface area contributed by atoms with Crippen LogP contribution < -0.4 is 15.8 Å². The van der Waals surface area contributed by atoms with Crippen LogP contribution in [0.25, 0.3) is 0 Å². The lowest BCUT2D eigenvalue weighted by Crippen LogP contribution is -2.38. The van der Waals surface area contributed by atoms with Crippen molar-refractivity contribution in [2.45, 2.75) is 31.6 Å². The van der Waals surface area contributed by atoms with Gasteiger partial charge in [0.25, 0.3) is 0 Å². The summed E-state index contributed by atoms with van der Waals surface area (Å²) >= 11 is 0. The minimum Gasteiger partial charge on any atom is -0.470 e. The van der Waals surface area contributed by atoms with Crippen LogP contribution >= 0.6 is 0 Å². The minimum atomic E-state index is 0.0352. The maximum absolute atomic E-state index is 5.94. The molecule has 5 nitrogen and oxygen atoms in total. The maximum Gasteiger partial charge on any atom is 0.220 e. The summed E-state index contributed by atoms with van der Waals surface area (Å²) in [6.45, 7) is 2.40. The zero-order valence-electron chi connectivity index (χ0n) is 9.69. The van der Waals surface area contributed by atoms with Crippen LogP contribution in [0.5, 0.6) is 5.88 Å². The van der Waals surface area contributed by atoms with E-state index in [0.29, 0.717) is 11.7 Å². The molecule has 0 spiro atoms. The number of pyridine rings is 1. The number of aromatic nitrogens is 1. The molecule has 1 saturated heterocycles. The van der Waals surface area contributed by atoms with Gasteiger partial charge in [-0.05, 0) is 25.0 Å². The van der Waals surface area contributed by atoms with Crippen molar-refractivity contribution in [3.63, 3.8) is 0 Å². The van der Waals surface area contributed by atoms with Crippen molar-refractivity contribution in [1.29, 1.82) is 0 Å². The Labute approximate surface area is 100 Å². The molecule has 3 N–H and O–H groups in total. The first-order chi connectivity index (χ1) is 8.33. The van der Waals surface area contributed by atoms with Crippen LogP contribution in [0.2, 0.25) is 0 Å². The van der Waals surface area contributed by atoms with E-state index in [1.54, 1.807) is 6.07 Å². The number of rotatable bonds is 1. The van der Waals surface area contributed by atoms with E-state index in [9.17, 15) is 0 Å². The van der Waals surface area contributed by atoms with Gasteiger partial charge in [-0.25, -0.2) is 0 Å². The number of fused-ring (bicyclic) bond motifs is 1. The molecule has 0 saturated carbocycles. The first kappa shape index (κ1) is 10.8. The highest BCUT2D eigenvalue weighted by Gasteiger charge is 2.30. The third-order valence-corrected chi connectivity index (χ3v) is 3.26. The van der Waals surface area contributed by atoms with Gasteiger partial charge in [0.2, 0.25) is 5.88 Å². The number of hydrogen-bond acceptors (Lipinski definition) is 5. The number of nitrogens with one attached hydrogen (secondary N) is 1. The summed E-state index contributed by atoms with van der Waals surface area (Å²) in [6, 6.07) is 3.76. The quantitative estimate of drug-likeness (QED) is 0.749. The molecule has 0 aliphatic carbocycles. The van der Waals surface area contributed by atoms with Crippen LogP contribution in [-0.4, -0.2) is 30.3 Å². The summed E-state index contributed by atoms with van der Waals surface area (Å²) in [6.07, 6.45) is 2.39. The minimum absolute atomic E-state index is 0.0352. The average molecular weight is 235 g/mol. The van der Waals surface area contributed by atoms with E-state index in [4.69, 9.17) is 15.2 Å². The molecule has 1 aromatic rings. The largest absolute Gasteiger partial charge is 0.470 e. The van der Waals surface area contributed by atoms with Crippen LogP contribution in [0.15, 0.2) is 12.1 Å². The molecule has 0 amide bonds. The molecule has 3 rings (SSSR count). The summed E-state index contributed by atoms with van der Waals surface area (Å²) in [5, 5.41) is 3.36. The van der Waals surface area contributed by atoms with Gasteiger partial charge < -0.3 is 20.5 Å². The normalized spacial score (nSPS) is 28.2. The fraction of sp³-hybridized carbons (Fsp3) is 0.583. The molecular weight excluding hydrogens is 218 g/mol. The summed E-state index contributed by atoms with van der Waals surface area (Å²) in [7, 11) is 0. The highest BCUT2D eigenvalue weighted by Crippen LogP contribution is 2.25. The summed E-state index contributed by atoms with van der Waals surface area (Å²) in [4.78, 5) is 4.26. The van der Waals surface area contributed by atoms with E-state index in [0.717, 1.165) is 38.1 Å². The molecule has 92 valence electrons. The summed E-state index contributed by atoms with van der Waals surface area (Å²) in [5.74, 6) is 1.15. The van der Waals surface area contributed by atoms with Crippen molar-refractivity contribution in [2.75, 3.05) is 18.9 Å². The van der Waals surface area contributed by atoms with Crippen molar-refractivity contribution in [3.05, 3.63) is 17.7 Å². The number of nitrogen functional groups attached to an aromatic ring is 1. The summed E-state index contributed by atoms with van der Waals surface area (Å²) < 4.78 is 11.6. The Balaban J connectivity index is 1.82. The van der Waals surface area contributed by atoms with Gasteiger partial charge in [-0.3, -0.25) is 0 Å². The van der Waals surface area contributed by atoms with Crippen LogP contribution in [0.3, 0.4) is 0 Å². The zero-order valence-corrected chi connectivity index (χ0v) is 9.69. The third kappa shape index (κ3) is 2.21. The Hall–Kier alpha value is -1.33. The van der Waals surface area contributed by atoms with Gasteiger partial charge in [-0.1, -0.05) is 0 Å². The van der Waals surface area contributed by atoms with Gasteiger partial charge >= 0.3 is 0 Å². The number of ether oxygens (including phenoxy) is 2. The predicted octanol–water partition coefficient (Wildman–Crippen LogP) is 0.693. The fourth-order valence-electron chi connectivity index (χ4n) is 2.36. The molecule has 2 atom stereocenters. The van der Waals surface area contributed by atoms with Crippen molar-refractivity contribution in [2.24, 2.45) is 0 Å². The van der Waals surface area contributed by atoms with Crippen molar-refractivity contribution < 1.29 is 9.47 Å². The van der Waals surface area contributed by atoms with Crippen molar-refractivity contribution in [3.8, 4) is 5.88 Å². The Kier molecular flexibility index (Phi) is 2.86. The molecule has 0 bridgehead atoms. The Morgan fingerprint density at radius 2 is 2.29 bits per heavy atom. The first-order valence-corrected chi connectivity index (χ1v) is 6.07. The molecule has 1 fully saturated rings. The lowest BCUT2D eigenvalue weighted by atomic mass is 10.1. The molecule has 0 aromatic carbocycles. The highest BCUT2D eigenvalue weighted by molar-refractivity contribution is 5.38. The SMILES string of the molecule is Nc1ccc2c(n1)OC(C1CCCO1)CNC2. The van der Waals surface area contributed by atoms with E-state index in [-0.39, 0.29) is 12.2 Å². The smallest absolute Gasteiger partial charge is 0.220 e. The van der Waals surface area contributed by atoms with E-state index < -0.39 is 0 Å². The van der Waals surface area contributed by atoms with Crippen LogP contribution in [0, 0.1) is 0 Å². The van der Waals surface area contributed by atoms with Gasteiger partial charge in [0, 0.05) is 25.3 Å². The standard InChI is InChI=1S/C12H17N3O2/c13-11-4-3-8-6-14-7-10(17-12(8)15-11)9-2-1-5-16-9/h3-4,9-10,14H,1-2,5-7H2,(H2,13,15). The van der Waals surface area contributed by atoms with E-state index in [1.807, 2.05) is 6.07 Å². The second-order valence-corrected chi connectivity index (χ2v) is 4.54. The van der Waals surface area contributed by atoms with E-state index >= 15 is 0 Å². The molecule has 3 heterocycles. The topological polar surface area (TPSA) is 69.4 Å². The van der Waals surface area contributed by atoms with E-state index in [2.05, 4.69) is 10.3 Å². The molecule has 17 heavy (non-hydrogen) atoms. The summed E-state index contributed by atoms with van der Waals surface area (Å²) in [5.41, 5.74) is 6.74. The van der Waals surface area contributed by atoms with Gasteiger partial charge in [-0.2, -0.15) is 4.98 Å². The number of hydrogen-bond donors (Lipinski definition) is 2. The fourth-order valence-corrected chi connectivity index (χ4v) is 2.36. The maximum atomic E-state index is 5.94. The monoisotopic (exact) mass is 235 g/mol. The highest BCUT2D eigenvalue weighted by atomic mass is 16.5. The molecule has 0 radical (unpaired) electrons. The predicted molar refractivity (Wildman–Crippen MR) is 63.7 cm³/mol. The molecule has 1 aromatic heterocycles. The van der Waals surface area contributed by atoms with Crippen molar-refractivity contribution >= 4 is 5.82 Å². The first-order valence-electron chi connectivity index (χ1n) is 6.07. The zero-order chi connectivity index (χ0) is 11.7. The molecule has 2 aliphatic heterocycles. The average Bonchev–Trinajstić information content (AvgIpc) is 2.77. The van der Waals surface area contributed by atoms with Crippen molar-refractivity contribution in [1.82, 2.24) is 10.3 Å². The van der Waals surface area contributed by atoms with Crippen LogP contribution in [0.1, 0.15) is 18.4 Å². The Morgan fingerprint density at radius 3 is 3.12 bits per heavy atom. The van der Waals surface area contributed by atoms with E-state index in [1.165, 1.54) is 0 Å². The third-order valence-electron chi connectivity index (χ3n) is 3.26. The number of nitrogens with two attached hydrogens (primary N) is 1. The molecular formula is C12H17N3O2. The number of anilines is 1. The molecule has 2 unspecified atom stereocenters. The van der Waals surface area contributed by atoms with Gasteiger partial charge in [-0.15, -0.1) is 0 Å². The lowest BCUT2D eigenvalue weighted by Gasteiger charge is -2.22. The second-order valence-electron chi connectivity index (χ2n) is 4.54. The Morgan fingerprint density at radius 1 is 1.35 bits per heavy atom. The Bertz CT molecular complexity index is 405. The molecule has 2 aliphatic rings. The second kappa shape index (κ2) is 4.50. The van der Waals surface area contributed by atoms with Gasteiger partial charge in [0.15, 0.2) is 0 Å². The van der Waals surface area contributed by atoms with Gasteiger partial charge in [0.1, 0.15) is 11.9 Å². The number of nitrogens with zero attached hydrogens (tertiary/aromatic N) is 1. The van der Waals surface area contributed by atoms with Crippen LogP contribution in [0.4, 0.5) is 5.82 Å². The van der Waals surface area contributed by atoms with Gasteiger partial charge in [0.05, 0.1) is 6.10 Å².